The van der Waals surface area contributed by atoms with Crippen LogP contribution in [0.5, 0.6) is 5.75 Å². The van der Waals surface area contributed by atoms with Crippen molar-refractivity contribution in [2.75, 3.05) is 0 Å². The molecule has 6 nitrogen and oxygen atoms in total. The predicted octanol–water partition coefficient (Wildman–Crippen LogP) is 21.4. The van der Waals surface area contributed by atoms with E-state index >= 15 is 0 Å². The van der Waals surface area contributed by atoms with Crippen molar-refractivity contribution in [1.82, 2.24) is 0 Å². The molecule has 0 unspecified atom stereocenters. The Kier molecular flexibility index (Phi) is 13.2. The molecule has 0 spiro atoms. The third kappa shape index (κ3) is 9.65. The van der Waals surface area contributed by atoms with Crippen LogP contribution in [0, 0.1) is 0 Å². The van der Waals surface area contributed by atoms with Gasteiger partial charge in [0.1, 0.15) is 28.1 Å². The minimum Gasteiger partial charge on any atom is -0.537 e. The molecule has 0 aliphatic heterocycles. The summed E-state index contributed by atoms with van der Waals surface area (Å²) in [6, 6.07) is 89.5. The van der Waals surface area contributed by atoms with Crippen LogP contribution in [-0.2, 0) is 0 Å². The molecule has 0 aliphatic rings. The SMILES string of the molecule is Brc1ccc2oc3c(ccc4c5cc(Br)ccc5oc43)c2c1.O[B]Oc1cccc(-c2ccccc2)c1.c1ccc(-c2cccc(-c3ccc4oc5c(ccc6c7cc(-c8cccc(-c9ccccc9)c8)ccc7oc65)c4c3)c2)cc1. The smallest absolute Gasteiger partial charge is 0.537 e. The summed E-state index contributed by atoms with van der Waals surface area (Å²) in [7, 11) is 0.685. The summed E-state index contributed by atoms with van der Waals surface area (Å²) in [5.41, 5.74) is 18.3. The van der Waals surface area contributed by atoms with Crippen LogP contribution in [0.2, 0.25) is 0 Å². The topological polar surface area (TPSA) is 82.0 Å². The third-order valence-electron chi connectivity index (χ3n) is 14.8. The summed E-state index contributed by atoms with van der Waals surface area (Å²) in [5.74, 6) is 0.624. The molecule has 16 aromatic rings. The van der Waals surface area contributed by atoms with Gasteiger partial charge >= 0.3 is 7.69 Å². The van der Waals surface area contributed by atoms with Gasteiger partial charge in [-0.3, -0.25) is 0 Å². The van der Waals surface area contributed by atoms with E-state index < -0.39 is 0 Å². The second-order valence-electron chi connectivity index (χ2n) is 19.8. The lowest BCUT2D eigenvalue weighted by Crippen LogP contribution is -1.99. The first-order valence-electron chi connectivity index (χ1n) is 26.4. The zero-order chi connectivity index (χ0) is 54.4. The molecular formula is C72H44BBr2O6. The molecule has 0 amide bonds. The highest BCUT2D eigenvalue weighted by Crippen LogP contribution is 2.43. The minimum absolute atomic E-state index is 0.624. The highest BCUT2D eigenvalue weighted by molar-refractivity contribution is 9.10. The molecule has 1 radical (unpaired) electrons. The van der Waals surface area contributed by atoms with Crippen molar-refractivity contribution < 1.29 is 27.3 Å². The van der Waals surface area contributed by atoms with Crippen LogP contribution in [0.25, 0.3) is 143 Å². The highest BCUT2D eigenvalue weighted by Gasteiger charge is 2.19. The molecule has 385 valence electrons. The van der Waals surface area contributed by atoms with Gasteiger partial charge in [0.2, 0.25) is 0 Å². The summed E-state index contributed by atoms with van der Waals surface area (Å²) >= 11 is 7.04. The minimum atomic E-state index is 0.624. The Morgan fingerprint density at radius 3 is 0.926 bits per heavy atom. The van der Waals surface area contributed by atoms with Crippen LogP contribution in [0.3, 0.4) is 0 Å². The summed E-state index contributed by atoms with van der Waals surface area (Å²) in [4.78, 5) is 0. The Morgan fingerprint density at radius 1 is 0.259 bits per heavy atom. The Hall–Kier alpha value is -9.38. The molecule has 12 aromatic carbocycles. The molecular weight excluding hydrogens is 1130 g/mol. The van der Waals surface area contributed by atoms with Gasteiger partial charge in [-0.05, 0) is 165 Å². The zero-order valence-corrected chi connectivity index (χ0v) is 46.3. The molecule has 9 heteroatoms. The van der Waals surface area contributed by atoms with Crippen molar-refractivity contribution in [2.45, 2.75) is 0 Å². The molecule has 0 saturated carbocycles. The highest BCUT2D eigenvalue weighted by atomic mass is 79.9. The normalized spacial score (nSPS) is 11.4. The van der Waals surface area contributed by atoms with Gasteiger partial charge in [0.05, 0.1) is 0 Å². The van der Waals surface area contributed by atoms with E-state index in [1.165, 1.54) is 33.4 Å². The number of rotatable bonds is 7. The van der Waals surface area contributed by atoms with E-state index in [0.717, 1.165) is 119 Å². The zero-order valence-electron chi connectivity index (χ0n) is 43.1. The Labute approximate surface area is 482 Å². The molecule has 81 heavy (non-hydrogen) atoms. The fourth-order valence-electron chi connectivity index (χ4n) is 10.9. The predicted molar refractivity (Wildman–Crippen MR) is 340 cm³/mol. The molecule has 4 aromatic heterocycles. The van der Waals surface area contributed by atoms with E-state index in [1.807, 2.05) is 84.9 Å². The summed E-state index contributed by atoms with van der Waals surface area (Å²) < 4.78 is 32.0. The van der Waals surface area contributed by atoms with Crippen molar-refractivity contribution in [3.63, 3.8) is 0 Å². The van der Waals surface area contributed by atoms with Gasteiger partial charge < -0.3 is 27.3 Å². The van der Waals surface area contributed by atoms with Crippen LogP contribution in [0.4, 0.5) is 0 Å². The van der Waals surface area contributed by atoms with E-state index in [2.05, 4.69) is 202 Å². The average Bonchev–Trinajstić information content (AvgIpc) is 3.54. The first-order valence-corrected chi connectivity index (χ1v) is 28.0. The Bertz CT molecular complexity index is 4710. The van der Waals surface area contributed by atoms with Gasteiger partial charge in [-0.2, -0.15) is 0 Å². The lowest BCUT2D eigenvalue weighted by molar-refractivity contribution is 0.454. The second-order valence-corrected chi connectivity index (χ2v) is 21.6. The quantitative estimate of drug-likeness (QED) is 0.160. The van der Waals surface area contributed by atoms with Crippen LogP contribution < -0.4 is 4.65 Å². The lowest BCUT2D eigenvalue weighted by Gasteiger charge is -2.06. The summed E-state index contributed by atoms with van der Waals surface area (Å²) in [5, 5.41) is 17.1. The van der Waals surface area contributed by atoms with E-state index in [9.17, 15) is 0 Å². The Morgan fingerprint density at radius 2 is 0.556 bits per heavy atom. The van der Waals surface area contributed by atoms with Gasteiger partial charge in [-0.25, -0.2) is 0 Å². The van der Waals surface area contributed by atoms with Crippen LogP contribution in [0.15, 0.2) is 287 Å². The first-order chi connectivity index (χ1) is 39.9. The number of benzene rings is 12. The van der Waals surface area contributed by atoms with E-state index in [-0.39, 0.29) is 0 Å². The monoisotopic (exact) mass is 1170 g/mol. The maximum Gasteiger partial charge on any atom is 0.569 e. The fourth-order valence-corrected chi connectivity index (χ4v) is 11.6. The van der Waals surface area contributed by atoms with Crippen molar-refractivity contribution in [3.05, 3.63) is 270 Å². The molecule has 1 N–H and O–H groups in total. The van der Waals surface area contributed by atoms with Crippen LogP contribution >= 0.6 is 31.9 Å². The molecule has 16 rings (SSSR count). The maximum absolute atomic E-state index is 8.53. The molecule has 0 fully saturated rings. The standard InChI is InChI=1S/C42H26O2.C18H8Br2O2.C12H10BO2/c1-3-9-27(10-4-1)29-13-7-15-31(23-29)33-17-21-39-37(25-33)35-19-20-36-38-26-34(18-22-40(38)44-42(36)41(35)43-39)32-16-8-14-30(24-32)28-11-5-2-6-12-28;19-9-1-5-15-13(7-9)11-3-4-12-14-8-10(20)2-6-16(14)22-18(12)17(11)21-15;14-13-15-12-8-4-7-11(9-12)10-5-2-1-3-6-10/h1-26H;1-8H;1-9,14H. The summed E-state index contributed by atoms with van der Waals surface area (Å²) in [6.45, 7) is 0. The van der Waals surface area contributed by atoms with Crippen molar-refractivity contribution in [3.8, 4) is 61.4 Å². The fraction of sp³-hybridized carbons (Fsp3) is 0. The van der Waals surface area contributed by atoms with E-state index in [1.54, 1.807) is 6.07 Å². The number of hydrogen-bond acceptors (Lipinski definition) is 6. The Balaban J connectivity index is 0.000000131. The van der Waals surface area contributed by atoms with Gasteiger partial charge in [-0.15, -0.1) is 0 Å². The largest absolute Gasteiger partial charge is 0.569 e. The number of fused-ring (bicyclic) bond motifs is 14. The number of hydrogen-bond donors (Lipinski definition) is 1. The van der Waals surface area contributed by atoms with Gasteiger partial charge in [0.25, 0.3) is 0 Å². The van der Waals surface area contributed by atoms with Crippen molar-refractivity contribution in [2.24, 2.45) is 0 Å². The van der Waals surface area contributed by atoms with Crippen molar-refractivity contribution >= 4 is 127 Å². The van der Waals surface area contributed by atoms with Gasteiger partial charge in [0, 0.05) is 52.0 Å². The van der Waals surface area contributed by atoms with E-state index in [0.29, 0.717) is 13.4 Å². The van der Waals surface area contributed by atoms with E-state index in [4.69, 9.17) is 27.3 Å². The number of furan rings is 4. The van der Waals surface area contributed by atoms with Crippen LogP contribution in [0.1, 0.15) is 0 Å². The lowest BCUT2D eigenvalue weighted by atomic mass is 9.97. The second kappa shape index (κ2) is 21.4. The molecule has 4 heterocycles. The third-order valence-corrected chi connectivity index (χ3v) is 15.8. The van der Waals surface area contributed by atoms with Gasteiger partial charge in [-0.1, -0.05) is 184 Å². The first kappa shape index (κ1) is 49.9. The molecule has 0 atom stereocenters. The van der Waals surface area contributed by atoms with Crippen LogP contribution in [-0.4, -0.2) is 12.7 Å². The summed E-state index contributed by atoms with van der Waals surface area (Å²) in [6.07, 6.45) is 0. The van der Waals surface area contributed by atoms with Crippen molar-refractivity contribution in [1.29, 1.82) is 0 Å². The maximum atomic E-state index is 8.53. The molecule has 0 bridgehead atoms. The molecule has 0 aliphatic carbocycles. The van der Waals surface area contributed by atoms with Gasteiger partial charge in [0.15, 0.2) is 22.3 Å². The average molecular weight is 1180 g/mol. The number of halogens is 2. The molecule has 0 saturated heterocycles.